The highest BCUT2D eigenvalue weighted by Crippen LogP contribution is 2.40. The molecule has 0 heterocycles. The van der Waals surface area contributed by atoms with Crippen molar-refractivity contribution in [2.24, 2.45) is 47.3 Å². The molecule has 2 rings (SSSR count). The van der Waals surface area contributed by atoms with Gasteiger partial charge >= 0.3 is 41.8 Å². The molecule has 14 nitrogen and oxygen atoms in total. The Morgan fingerprint density at radius 3 is 1.11 bits per heavy atom. The quantitative estimate of drug-likeness (QED) is 0.0146. The molecule has 0 aromatic heterocycles. The van der Waals surface area contributed by atoms with Crippen LogP contribution in [0.25, 0.3) is 0 Å². The van der Waals surface area contributed by atoms with Crippen LogP contribution in [0.2, 0.25) is 0 Å². The van der Waals surface area contributed by atoms with E-state index in [1.54, 1.807) is 0 Å². The Kier molecular flexibility index (Phi) is 39.0. The summed E-state index contributed by atoms with van der Waals surface area (Å²) in [5.74, 6) is -11.1. The molecule has 0 spiro atoms. The van der Waals surface area contributed by atoms with E-state index in [1.807, 2.05) is 68.5 Å². The Morgan fingerprint density at radius 2 is 0.734 bits per heavy atom. The first-order valence-electron chi connectivity index (χ1n) is 30.4. The topological polar surface area (TPSA) is 228 Å². The molecule has 8 unspecified atom stereocenters. The van der Waals surface area contributed by atoms with Gasteiger partial charge in [-0.05, 0) is 88.9 Å². The largest absolute Gasteiger partial charge is 0.481 e. The molecule has 444 valence electrons. The van der Waals surface area contributed by atoms with E-state index in [9.17, 15) is 54.0 Å². The smallest absolute Gasteiger partial charge is 0.308 e. The molecule has 0 saturated heterocycles. The molecular formula is C65H100O14. The minimum atomic E-state index is -1.09. The van der Waals surface area contributed by atoms with E-state index >= 15 is 0 Å². The number of allylic oxidation sites excluding steroid dienone is 14. The molecule has 2 aliphatic carbocycles. The van der Waals surface area contributed by atoms with Crippen molar-refractivity contribution in [1.82, 2.24) is 0 Å². The van der Waals surface area contributed by atoms with Gasteiger partial charge < -0.3 is 34.6 Å². The fraction of sp³-hybridized carbons (Fsp3) is 0.677. The standard InChI is InChI=1S/C65H100O14/c1-4-7-10-11-12-13-14-15-16-17-18-19-24-31-36-43-57(68)79-54(48-77-55(66)41-34-29-25-20-22-27-32-39-52-46-44-50(37-8-5-2)58(62(69)70)60(52)64(73)74)49-78-56(67)42-35-30-26-21-23-28-33-40-53-47-45-51(38-9-6-3)59(63(71)72)61(53)65(75)76/h11-16,32-33,39-40,44-47,50-54,58-61H,4-10,17-31,34-38,41-43,48-49H2,1-3H3,(H,69,70)(H,71,72)(H,73,74)(H,75,76)/b12-11+,14-13+,16-15+,39-32+,40-33+. The van der Waals surface area contributed by atoms with Crippen LogP contribution in [-0.2, 0) is 47.8 Å². The Hall–Kier alpha value is -5.53. The van der Waals surface area contributed by atoms with Gasteiger partial charge in [0.05, 0.1) is 23.7 Å². The van der Waals surface area contributed by atoms with Crippen molar-refractivity contribution in [1.29, 1.82) is 0 Å². The lowest BCUT2D eigenvalue weighted by Crippen LogP contribution is -2.41. The second-order valence-electron chi connectivity index (χ2n) is 21.6. The zero-order valence-corrected chi connectivity index (χ0v) is 48.3. The van der Waals surface area contributed by atoms with Gasteiger partial charge in [-0.15, -0.1) is 0 Å². The molecule has 4 N–H and O–H groups in total. The minimum absolute atomic E-state index is 0.185. The van der Waals surface area contributed by atoms with E-state index in [0.29, 0.717) is 32.1 Å². The van der Waals surface area contributed by atoms with Crippen LogP contribution in [0.15, 0.2) is 85.1 Å². The fourth-order valence-electron chi connectivity index (χ4n) is 10.5. The summed E-state index contributed by atoms with van der Waals surface area (Å²) >= 11 is 0. The number of carboxylic acids is 4. The Bertz CT molecular complexity index is 1870. The summed E-state index contributed by atoms with van der Waals surface area (Å²) in [5.41, 5.74) is 0. The van der Waals surface area contributed by atoms with E-state index in [2.05, 4.69) is 37.3 Å². The van der Waals surface area contributed by atoms with Crippen molar-refractivity contribution in [3.05, 3.63) is 85.1 Å². The van der Waals surface area contributed by atoms with Crippen LogP contribution in [0.4, 0.5) is 0 Å². The lowest BCUT2D eigenvalue weighted by molar-refractivity contribution is -0.167. The molecule has 0 radical (unpaired) electrons. The highest BCUT2D eigenvalue weighted by atomic mass is 16.6. The highest BCUT2D eigenvalue weighted by molar-refractivity contribution is 5.82. The average Bonchev–Trinajstić information content (AvgIpc) is 3.46. The van der Waals surface area contributed by atoms with E-state index < -0.39 is 83.4 Å². The maximum Gasteiger partial charge on any atom is 0.308 e. The predicted octanol–water partition coefficient (Wildman–Crippen LogP) is 14.9. The van der Waals surface area contributed by atoms with Crippen molar-refractivity contribution in [2.45, 2.75) is 219 Å². The molecule has 0 fully saturated rings. The Labute approximate surface area is 473 Å². The van der Waals surface area contributed by atoms with E-state index in [-0.39, 0.29) is 44.3 Å². The molecule has 0 amide bonds. The summed E-state index contributed by atoms with van der Waals surface area (Å²) in [6, 6.07) is 0. The molecule has 8 atom stereocenters. The van der Waals surface area contributed by atoms with E-state index in [0.717, 1.165) is 128 Å². The SMILES string of the molecule is CCCC/C=C/C=C/C=C/CCCCCCCC(=O)OC(COC(=O)CCCCCCC/C=C/C1C=CC(CCCC)C(C(=O)O)C1C(=O)O)COC(=O)CCCCCCC/C=C/C1C=CC(CCCC)C(C(=O)O)C1C(=O)O. The number of carbonyl (C=O) groups is 7. The number of esters is 3. The van der Waals surface area contributed by atoms with Gasteiger partial charge in [-0.1, -0.05) is 202 Å². The van der Waals surface area contributed by atoms with Gasteiger partial charge in [0.25, 0.3) is 0 Å². The molecular weight excluding hydrogens is 1000 g/mol. The number of hydrogen-bond acceptors (Lipinski definition) is 10. The molecule has 0 saturated carbocycles. The Morgan fingerprint density at radius 1 is 0.392 bits per heavy atom. The van der Waals surface area contributed by atoms with Crippen LogP contribution >= 0.6 is 0 Å². The number of hydrogen-bond donors (Lipinski definition) is 4. The van der Waals surface area contributed by atoms with E-state index in [4.69, 9.17) is 14.2 Å². The van der Waals surface area contributed by atoms with Crippen molar-refractivity contribution in [3.8, 4) is 0 Å². The van der Waals surface area contributed by atoms with Crippen LogP contribution in [0, 0.1) is 47.3 Å². The summed E-state index contributed by atoms with van der Waals surface area (Å²) in [7, 11) is 0. The zero-order chi connectivity index (χ0) is 57.9. The number of rotatable bonds is 46. The first kappa shape index (κ1) is 69.6. The van der Waals surface area contributed by atoms with Gasteiger partial charge in [0.2, 0.25) is 0 Å². The second-order valence-corrected chi connectivity index (χ2v) is 21.6. The summed E-state index contributed by atoms with van der Waals surface area (Å²) in [6.45, 7) is 5.79. The first-order valence-corrected chi connectivity index (χ1v) is 30.4. The fourth-order valence-corrected chi connectivity index (χ4v) is 10.5. The van der Waals surface area contributed by atoms with Gasteiger partial charge in [0.1, 0.15) is 13.2 Å². The maximum absolute atomic E-state index is 12.9. The van der Waals surface area contributed by atoms with Crippen LogP contribution in [0.5, 0.6) is 0 Å². The molecule has 0 aromatic carbocycles. The van der Waals surface area contributed by atoms with Gasteiger partial charge in [-0.2, -0.15) is 0 Å². The number of unbranched alkanes of at least 4 members (excludes halogenated alkanes) is 19. The van der Waals surface area contributed by atoms with Crippen LogP contribution in [0.3, 0.4) is 0 Å². The van der Waals surface area contributed by atoms with E-state index in [1.165, 1.54) is 12.8 Å². The van der Waals surface area contributed by atoms with Crippen molar-refractivity contribution >= 4 is 41.8 Å². The minimum Gasteiger partial charge on any atom is -0.481 e. The number of carboxylic acid groups (broad SMARTS) is 4. The Balaban J connectivity index is 1.78. The van der Waals surface area contributed by atoms with Crippen LogP contribution < -0.4 is 0 Å². The second kappa shape index (κ2) is 44.2. The van der Waals surface area contributed by atoms with Crippen molar-refractivity contribution in [2.75, 3.05) is 13.2 Å². The number of ether oxygens (including phenoxy) is 3. The lowest BCUT2D eigenvalue weighted by atomic mass is 9.69. The molecule has 0 bridgehead atoms. The van der Waals surface area contributed by atoms with Crippen LogP contribution in [-0.4, -0.2) is 81.5 Å². The van der Waals surface area contributed by atoms with Gasteiger partial charge in [-0.25, -0.2) is 0 Å². The maximum atomic E-state index is 12.9. The van der Waals surface area contributed by atoms with Crippen LogP contribution in [0.1, 0.15) is 213 Å². The average molecular weight is 1110 g/mol. The molecule has 79 heavy (non-hydrogen) atoms. The third kappa shape index (κ3) is 31.2. The third-order valence-corrected chi connectivity index (χ3v) is 15.1. The van der Waals surface area contributed by atoms with Gasteiger partial charge in [0, 0.05) is 31.1 Å². The third-order valence-electron chi connectivity index (χ3n) is 15.1. The number of carbonyl (C=O) groups excluding carboxylic acids is 3. The first-order chi connectivity index (χ1) is 38.2. The van der Waals surface area contributed by atoms with Gasteiger partial charge in [-0.3, -0.25) is 33.6 Å². The van der Waals surface area contributed by atoms with Crippen molar-refractivity contribution in [3.63, 3.8) is 0 Å². The summed E-state index contributed by atoms with van der Waals surface area (Å²) in [4.78, 5) is 87.2. The monoisotopic (exact) mass is 1100 g/mol. The zero-order valence-electron chi connectivity index (χ0n) is 48.3. The molecule has 0 aromatic rings. The highest BCUT2D eigenvalue weighted by Gasteiger charge is 2.45. The molecule has 14 heteroatoms. The predicted molar refractivity (Wildman–Crippen MR) is 310 cm³/mol. The summed E-state index contributed by atoms with van der Waals surface area (Å²) < 4.78 is 16.7. The number of aliphatic carboxylic acids is 4. The normalized spacial score (nSPS) is 21.6. The molecule has 0 aliphatic heterocycles. The van der Waals surface area contributed by atoms with Gasteiger partial charge in [0.15, 0.2) is 6.10 Å². The van der Waals surface area contributed by atoms with Crippen molar-refractivity contribution < 1.29 is 68.2 Å². The molecule has 2 aliphatic rings. The summed E-state index contributed by atoms with van der Waals surface area (Å²) in [6.07, 6.45) is 50.8. The lowest BCUT2D eigenvalue weighted by Gasteiger charge is -2.33. The summed E-state index contributed by atoms with van der Waals surface area (Å²) in [5, 5.41) is 39.8.